The lowest BCUT2D eigenvalue weighted by Crippen LogP contribution is -2.38. The first-order valence-electron chi connectivity index (χ1n) is 11.5. The number of likely N-dealkylation sites (tertiary alicyclic amines) is 1. The van der Waals surface area contributed by atoms with E-state index >= 15 is 0 Å². The first kappa shape index (κ1) is 21.4. The monoisotopic (exact) mass is 450 g/mol. The summed E-state index contributed by atoms with van der Waals surface area (Å²) in [7, 11) is 1.52. The van der Waals surface area contributed by atoms with Gasteiger partial charge in [-0.1, -0.05) is 17.7 Å². The zero-order valence-corrected chi connectivity index (χ0v) is 19.2. The summed E-state index contributed by atoms with van der Waals surface area (Å²) >= 11 is 6.22. The van der Waals surface area contributed by atoms with Crippen LogP contribution in [0.15, 0.2) is 36.5 Å². The third-order valence-corrected chi connectivity index (χ3v) is 7.25. The summed E-state index contributed by atoms with van der Waals surface area (Å²) in [6, 6.07) is 14.2. The molecule has 1 aliphatic carbocycles. The molecule has 2 aromatic carbocycles. The third kappa shape index (κ3) is 4.24. The molecule has 0 bridgehead atoms. The number of hydrogen-bond donors (Lipinski definition) is 2. The van der Waals surface area contributed by atoms with Gasteiger partial charge >= 0.3 is 0 Å². The molecule has 2 fully saturated rings. The number of anilines is 1. The van der Waals surface area contributed by atoms with E-state index in [0.29, 0.717) is 11.8 Å². The summed E-state index contributed by atoms with van der Waals surface area (Å²) in [6.45, 7) is 2.56. The second kappa shape index (κ2) is 9.16. The predicted molar refractivity (Wildman–Crippen MR) is 130 cm³/mol. The molecule has 6 heteroatoms. The summed E-state index contributed by atoms with van der Waals surface area (Å²) in [4.78, 5) is 7.19. The highest BCUT2D eigenvalue weighted by Crippen LogP contribution is 2.39. The van der Waals surface area contributed by atoms with Crippen LogP contribution in [0, 0.1) is 6.07 Å². The Morgan fingerprint density at radius 3 is 2.62 bits per heavy atom. The number of nitrogens with one attached hydrogen (secondary N) is 1. The van der Waals surface area contributed by atoms with Gasteiger partial charge in [-0.15, -0.1) is 0 Å². The van der Waals surface area contributed by atoms with Gasteiger partial charge in [-0.3, -0.25) is 4.98 Å². The highest BCUT2D eigenvalue weighted by atomic mass is 35.5. The maximum atomic E-state index is 10.1. The van der Waals surface area contributed by atoms with Gasteiger partial charge in [0, 0.05) is 29.7 Å². The molecule has 2 aliphatic rings. The van der Waals surface area contributed by atoms with E-state index in [9.17, 15) is 5.11 Å². The number of rotatable bonds is 5. The quantitative estimate of drug-likeness (QED) is 0.507. The number of pyridine rings is 1. The first-order chi connectivity index (χ1) is 15.6. The molecule has 1 aromatic heterocycles. The highest BCUT2D eigenvalue weighted by Gasteiger charge is 2.27. The van der Waals surface area contributed by atoms with Crippen LogP contribution in [0.1, 0.15) is 38.5 Å². The molecule has 1 saturated carbocycles. The van der Waals surface area contributed by atoms with Crippen molar-refractivity contribution in [2.24, 2.45) is 0 Å². The van der Waals surface area contributed by atoms with Gasteiger partial charge in [0.05, 0.1) is 23.3 Å². The second-order valence-electron chi connectivity index (χ2n) is 8.91. The lowest BCUT2D eigenvalue weighted by molar-refractivity contribution is 0.186. The summed E-state index contributed by atoms with van der Waals surface area (Å²) in [5, 5.41) is 15.1. The van der Waals surface area contributed by atoms with Crippen LogP contribution >= 0.6 is 11.6 Å². The molecule has 1 saturated heterocycles. The first-order valence-corrected chi connectivity index (χ1v) is 11.9. The minimum atomic E-state index is -0.0411. The molecule has 5 nitrogen and oxygen atoms in total. The van der Waals surface area contributed by atoms with E-state index in [-0.39, 0.29) is 10.8 Å². The van der Waals surface area contributed by atoms with Crippen LogP contribution in [-0.4, -0.2) is 47.3 Å². The Kier molecular flexibility index (Phi) is 6.11. The summed E-state index contributed by atoms with van der Waals surface area (Å²) in [5.74, 6) is 0.319. The van der Waals surface area contributed by atoms with Crippen LogP contribution in [0.3, 0.4) is 0 Å². The van der Waals surface area contributed by atoms with E-state index in [1.807, 2.05) is 12.1 Å². The van der Waals surface area contributed by atoms with Crippen LogP contribution in [0.25, 0.3) is 22.0 Å². The molecular weight excluding hydrogens is 422 g/mol. The van der Waals surface area contributed by atoms with E-state index in [2.05, 4.69) is 27.3 Å². The van der Waals surface area contributed by atoms with E-state index < -0.39 is 0 Å². The number of aromatic hydroxyl groups is 1. The largest absolute Gasteiger partial charge is 0.503 e. The van der Waals surface area contributed by atoms with Crippen LogP contribution in [0.2, 0.25) is 5.02 Å². The minimum absolute atomic E-state index is 0.0411. The summed E-state index contributed by atoms with van der Waals surface area (Å²) in [6.07, 6.45) is 9.36. The molecule has 5 rings (SSSR count). The molecule has 1 aliphatic heterocycles. The average molecular weight is 451 g/mol. The maximum Gasteiger partial charge on any atom is 0.176 e. The topological polar surface area (TPSA) is 57.6 Å². The minimum Gasteiger partial charge on any atom is -0.503 e. The van der Waals surface area contributed by atoms with E-state index in [0.717, 1.165) is 33.8 Å². The van der Waals surface area contributed by atoms with Gasteiger partial charge in [0.15, 0.2) is 11.5 Å². The Morgan fingerprint density at radius 1 is 1.09 bits per heavy atom. The number of benzene rings is 2. The molecule has 0 spiro atoms. The van der Waals surface area contributed by atoms with E-state index in [4.69, 9.17) is 16.3 Å². The van der Waals surface area contributed by atoms with Crippen molar-refractivity contribution in [2.75, 3.05) is 25.5 Å². The van der Waals surface area contributed by atoms with Gasteiger partial charge in [0.25, 0.3) is 0 Å². The molecule has 2 N–H and O–H groups in total. The molecule has 3 aromatic rings. The fourth-order valence-corrected chi connectivity index (χ4v) is 5.39. The summed E-state index contributed by atoms with van der Waals surface area (Å²) < 4.78 is 5.28. The van der Waals surface area contributed by atoms with Crippen LogP contribution in [-0.2, 0) is 0 Å². The van der Waals surface area contributed by atoms with Crippen molar-refractivity contribution in [1.29, 1.82) is 0 Å². The van der Waals surface area contributed by atoms with Crippen molar-refractivity contribution in [3.63, 3.8) is 0 Å². The molecular formula is C26H29ClN3O2. The molecule has 0 atom stereocenters. The number of hydrogen-bond acceptors (Lipinski definition) is 5. The van der Waals surface area contributed by atoms with Gasteiger partial charge in [-0.2, -0.15) is 0 Å². The molecule has 0 amide bonds. The van der Waals surface area contributed by atoms with E-state index in [1.165, 1.54) is 58.7 Å². The van der Waals surface area contributed by atoms with Crippen LogP contribution < -0.4 is 10.1 Å². The molecule has 2 heterocycles. The number of nitrogens with zero attached hydrogens (tertiary/aromatic N) is 2. The fourth-order valence-electron chi connectivity index (χ4n) is 5.18. The van der Waals surface area contributed by atoms with Gasteiger partial charge in [-0.05, 0) is 87.0 Å². The zero-order chi connectivity index (χ0) is 22.1. The number of phenols is 1. The van der Waals surface area contributed by atoms with Crippen molar-refractivity contribution in [3.05, 3.63) is 47.6 Å². The number of aromatic nitrogens is 1. The normalized spacial score (nSPS) is 21.7. The number of fused-ring (bicyclic) bond motifs is 1. The Balaban J connectivity index is 1.38. The number of methoxy groups -OCH3 is 1. The molecule has 167 valence electrons. The van der Waals surface area contributed by atoms with Gasteiger partial charge in [0.2, 0.25) is 0 Å². The molecule has 1 radical (unpaired) electrons. The lowest BCUT2D eigenvalue weighted by Gasteiger charge is -2.35. The fraction of sp³-hybridized carbons (Fsp3) is 0.423. The van der Waals surface area contributed by atoms with Gasteiger partial charge in [-0.25, -0.2) is 0 Å². The number of ether oxygens (including phenoxy) is 1. The summed E-state index contributed by atoms with van der Waals surface area (Å²) in [5.41, 5.74) is 3.79. The predicted octanol–water partition coefficient (Wildman–Crippen LogP) is 5.89. The highest BCUT2D eigenvalue weighted by molar-refractivity contribution is 6.32. The zero-order valence-electron chi connectivity index (χ0n) is 18.4. The Hall–Kier alpha value is -2.50. The van der Waals surface area contributed by atoms with Crippen molar-refractivity contribution in [3.8, 4) is 22.6 Å². The standard InChI is InChI=1S/C26H29ClN3O2/c1-32-25-16-18(15-22(27)26(25)31)17-4-9-23-21(14-17)24(10-11-28-23)29-19-5-7-20(8-6-19)30-12-2-3-13-30/h4,9,11,14-16,19-20,31H,2-3,5-8,12-13H2,1H3,(H,28,29)/t19-,20-. The van der Waals surface area contributed by atoms with E-state index in [1.54, 1.807) is 18.3 Å². The second-order valence-corrected chi connectivity index (χ2v) is 9.32. The smallest absolute Gasteiger partial charge is 0.176 e. The Morgan fingerprint density at radius 2 is 1.88 bits per heavy atom. The van der Waals surface area contributed by atoms with Crippen molar-refractivity contribution < 1.29 is 9.84 Å². The maximum absolute atomic E-state index is 10.1. The van der Waals surface area contributed by atoms with Crippen molar-refractivity contribution in [2.45, 2.75) is 50.6 Å². The van der Waals surface area contributed by atoms with Crippen molar-refractivity contribution >= 4 is 28.2 Å². The SMILES string of the molecule is COc1cc(-c2ccc3nc[c]c(N[C@H]4CC[C@H](N5CCCC5)CC4)c3c2)cc(Cl)c1O. The van der Waals surface area contributed by atoms with Crippen molar-refractivity contribution in [1.82, 2.24) is 9.88 Å². The third-order valence-electron chi connectivity index (χ3n) is 6.96. The number of phenolic OH excluding ortho intramolecular Hbond substituents is 1. The van der Waals surface area contributed by atoms with Crippen LogP contribution in [0.5, 0.6) is 11.5 Å². The van der Waals surface area contributed by atoms with Gasteiger partial charge in [0.1, 0.15) is 0 Å². The lowest BCUT2D eigenvalue weighted by atomic mass is 9.90. The Labute approximate surface area is 194 Å². The Bertz CT molecular complexity index is 1110. The number of halogens is 1. The molecule has 0 unspecified atom stereocenters. The molecule has 32 heavy (non-hydrogen) atoms. The van der Waals surface area contributed by atoms with Crippen LogP contribution in [0.4, 0.5) is 5.69 Å². The van der Waals surface area contributed by atoms with Gasteiger partial charge < -0.3 is 20.1 Å². The average Bonchev–Trinajstić information content (AvgIpc) is 3.36.